The molecule has 1 aromatic rings. The summed E-state index contributed by atoms with van der Waals surface area (Å²) in [5.74, 6) is 1.47. The molecule has 1 rings (SSSR count). The van der Waals surface area contributed by atoms with Crippen LogP contribution in [-0.4, -0.2) is 56.5 Å². The zero-order valence-electron chi connectivity index (χ0n) is 12.8. The summed E-state index contributed by atoms with van der Waals surface area (Å²) < 4.78 is 11.1. The van der Waals surface area contributed by atoms with Crippen LogP contribution in [0.15, 0.2) is 18.2 Å². The first-order chi connectivity index (χ1) is 9.56. The minimum Gasteiger partial charge on any atom is -0.490 e. The van der Waals surface area contributed by atoms with Crippen LogP contribution in [0.1, 0.15) is 13.8 Å². The van der Waals surface area contributed by atoms with Crippen LogP contribution in [0.5, 0.6) is 11.5 Å². The second-order valence-electron chi connectivity index (χ2n) is 4.82. The van der Waals surface area contributed by atoms with E-state index in [0.29, 0.717) is 26.3 Å². The number of ether oxygens (including phenoxy) is 2. The van der Waals surface area contributed by atoms with Crippen molar-refractivity contribution in [2.24, 2.45) is 0 Å². The molecule has 5 nitrogen and oxygen atoms in total. The molecule has 0 aliphatic heterocycles. The van der Waals surface area contributed by atoms with Crippen molar-refractivity contribution >= 4 is 5.69 Å². The fourth-order valence-corrected chi connectivity index (χ4v) is 1.88. The first-order valence-corrected chi connectivity index (χ1v) is 7.03. The average Bonchev–Trinajstić information content (AvgIpc) is 2.39. The van der Waals surface area contributed by atoms with Gasteiger partial charge in [0.2, 0.25) is 0 Å². The van der Waals surface area contributed by atoms with Gasteiger partial charge in [-0.15, -0.1) is 0 Å². The highest BCUT2D eigenvalue weighted by Crippen LogP contribution is 2.30. The van der Waals surface area contributed by atoms with Gasteiger partial charge in [0.25, 0.3) is 0 Å². The lowest BCUT2D eigenvalue weighted by Gasteiger charge is -2.18. The first-order valence-electron chi connectivity index (χ1n) is 7.03. The number of aliphatic hydroxyl groups is 1. The van der Waals surface area contributed by atoms with Crippen LogP contribution in [0, 0.1) is 0 Å². The minimum atomic E-state index is -0.410. The Balaban J connectivity index is 2.64. The van der Waals surface area contributed by atoms with E-state index in [4.69, 9.17) is 9.47 Å². The average molecular weight is 282 g/mol. The SMILES string of the molecule is CCOc1ccc(NCC(O)CN(C)C)cc1OCC. The van der Waals surface area contributed by atoms with Crippen LogP contribution in [0.4, 0.5) is 5.69 Å². The molecule has 20 heavy (non-hydrogen) atoms. The van der Waals surface area contributed by atoms with Crippen molar-refractivity contribution in [1.82, 2.24) is 4.90 Å². The third-order valence-electron chi connectivity index (χ3n) is 2.66. The molecule has 0 heterocycles. The van der Waals surface area contributed by atoms with E-state index in [-0.39, 0.29) is 0 Å². The third-order valence-corrected chi connectivity index (χ3v) is 2.66. The van der Waals surface area contributed by atoms with E-state index < -0.39 is 6.10 Å². The second kappa shape index (κ2) is 8.66. The predicted octanol–water partition coefficient (Wildman–Crippen LogP) is 1.82. The highest BCUT2D eigenvalue weighted by Gasteiger charge is 2.08. The number of hydrogen-bond acceptors (Lipinski definition) is 5. The number of likely N-dealkylation sites (N-methyl/N-ethyl adjacent to an activating group) is 1. The molecule has 0 bridgehead atoms. The van der Waals surface area contributed by atoms with Gasteiger partial charge in [-0.3, -0.25) is 0 Å². The zero-order chi connectivity index (χ0) is 15.0. The van der Waals surface area contributed by atoms with Gasteiger partial charge in [0.1, 0.15) is 0 Å². The molecule has 1 unspecified atom stereocenters. The molecule has 0 saturated carbocycles. The van der Waals surface area contributed by atoms with E-state index in [9.17, 15) is 5.11 Å². The Hall–Kier alpha value is -1.46. The van der Waals surface area contributed by atoms with Crippen LogP contribution in [0.2, 0.25) is 0 Å². The highest BCUT2D eigenvalue weighted by atomic mass is 16.5. The largest absolute Gasteiger partial charge is 0.490 e. The van der Waals surface area contributed by atoms with Gasteiger partial charge in [0, 0.05) is 24.8 Å². The van der Waals surface area contributed by atoms with E-state index in [1.807, 2.05) is 51.0 Å². The summed E-state index contributed by atoms with van der Waals surface area (Å²) >= 11 is 0. The molecule has 1 aromatic carbocycles. The summed E-state index contributed by atoms with van der Waals surface area (Å²) in [6.07, 6.45) is -0.410. The Labute approximate surface area is 121 Å². The van der Waals surface area contributed by atoms with Gasteiger partial charge in [0.15, 0.2) is 11.5 Å². The molecular weight excluding hydrogens is 256 g/mol. The van der Waals surface area contributed by atoms with Crippen LogP contribution >= 0.6 is 0 Å². The maximum atomic E-state index is 9.83. The molecule has 0 fully saturated rings. The molecule has 0 radical (unpaired) electrons. The summed E-state index contributed by atoms with van der Waals surface area (Å²) in [5.41, 5.74) is 0.912. The van der Waals surface area contributed by atoms with Crippen LogP contribution in [0.25, 0.3) is 0 Å². The summed E-state index contributed by atoms with van der Waals surface area (Å²) in [6, 6.07) is 5.71. The lowest BCUT2D eigenvalue weighted by molar-refractivity contribution is 0.148. The number of nitrogens with zero attached hydrogens (tertiary/aromatic N) is 1. The van der Waals surface area contributed by atoms with Crippen LogP contribution in [-0.2, 0) is 0 Å². The maximum absolute atomic E-state index is 9.83. The zero-order valence-corrected chi connectivity index (χ0v) is 12.8. The predicted molar refractivity (Wildman–Crippen MR) is 81.8 cm³/mol. The molecule has 1 atom stereocenters. The van der Waals surface area contributed by atoms with Gasteiger partial charge in [-0.05, 0) is 40.1 Å². The number of nitrogens with one attached hydrogen (secondary N) is 1. The molecule has 0 aromatic heterocycles. The van der Waals surface area contributed by atoms with Crippen molar-refractivity contribution < 1.29 is 14.6 Å². The monoisotopic (exact) mass is 282 g/mol. The maximum Gasteiger partial charge on any atom is 0.163 e. The van der Waals surface area contributed by atoms with Gasteiger partial charge in [-0.1, -0.05) is 0 Å². The van der Waals surface area contributed by atoms with Crippen molar-refractivity contribution in [3.05, 3.63) is 18.2 Å². The second-order valence-corrected chi connectivity index (χ2v) is 4.82. The topological polar surface area (TPSA) is 54.0 Å². The van der Waals surface area contributed by atoms with Crippen molar-refractivity contribution in [3.63, 3.8) is 0 Å². The van der Waals surface area contributed by atoms with E-state index >= 15 is 0 Å². The minimum absolute atomic E-state index is 0.410. The summed E-state index contributed by atoms with van der Waals surface area (Å²) in [5, 5.41) is 13.0. The third kappa shape index (κ3) is 5.67. The van der Waals surface area contributed by atoms with Crippen molar-refractivity contribution in [1.29, 1.82) is 0 Å². The smallest absolute Gasteiger partial charge is 0.163 e. The highest BCUT2D eigenvalue weighted by molar-refractivity contribution is 5.54. The fourth-order valence-electron chi connectivity index (χ4n) is 1.88. The number of benzene rings is 1. The van der Waals surface area contributed by atoms with Crippen molar-refractivity contribution in [3.8, 4) is 11.5 Å². The summed E-state index contributed by atoms with van der Waals surface area (Å²) in [7, 11) is 3.88. The van der Waals surface area contributed by atoms with Gasteiger partial charge >= 0.3 is 0 Å². The van der Waals surface area contributed by atoms with E-state index in [2.05, 4.69) is 5.32 Å². The van der Waals surface area contributed by atoms with Gasteiger partial charge in [-0.25, -0.2) is 0 Å². The number of hydrogen-bond donors (Lipinski definition) is 2. The molecule has 0 saturated heterocycles. The molecule has 2 N–H and O–H groups in total. The lowest BCUT2D eigenvalue weighted by atomic mass is 10.2. The Bertz CT molecular complexity index is 397. The summed E-state index contributed by atoms with van der Waals surface area (Å²) in [4.78, 5) is 1.95. The molecule has 0 amide bonds. The van der Waals surface area contributed by atoms with Crippen LogP contribution < -0.4 is 14.8 Å². The molecule has 5 heteroatoms. The molecule has 0 spiro atoms. The van der Waals surface area contributed by atoms with Crippen LogP contribution in [0.3, 0.4) is 0 Å². The van der Waals surface area contributed by atoms with E-state index in [1.165, 1.54) is 0 Å². The molecule has 0 aliphatic rings. The standard InChI is InChI=1S/C15H26N2O3/c1-5-19-14-8-7-12(9-15(14)20-6-2)16-10-13(18)11-17(3)4/h7-9,13,16,18H,5-6,10-11H2,1-4H3. The van der Waals surface area contributed by atoms with E-state index in [1.54, 1.807) is 0 Å². The quantitative estimate of drug-likeness (QED) is 0.723. The lowest BCUT2D eigenvalue weighted by Crippen LogP contribution is -2.31. The fraction of sp³-hybridized carbons (Fsp3) is 0.600. The number of aliphatic hydroxyl groups excluding tert-OH is 1. The van der Waals surface area contributed by atoms with Gasteiger partial charge in [0.05, 0.1) is 19.3 Å². The Morgan fingerprint density at radius 3 is 2.40 bits per heavy atom. The normalized spacial score (nSPS) is 12.3. The molecular formula is C15H26N2O3. The van der Waals surface area contributed by atoms with Gasteiger partial charge < -0.3 is 24.8 Å². The molecule has 114 valence electrons. The Kier molecular flexibility index (Phi) is 7.18. The summed E-state index contributed by atoms with van der Waals surface area (Å²) in [6.45, 7) is 6.21. The van der Waals surface area contributed by atoms with Crippen molar-refractivity contribution in [2.75, 3.05) is 45.7 Å². The van der Waals surface area contributed by atoms with E-state index in [0.717, 1.165) is 17.2 Å². The first kappa shape index (κ1) is 16.6. The van der Waals surface area contributed by atoms with Crippen molar-refractivity contribution in [2.45, 2.75) is 20.0 Å². The number of anilines is 1. The Morgan fingerprint density at radius 2 is 1.80 bits per heavy atom. The number of rotatable bonds is 9. The Morgan fingerprint density at radius 1 is 1.15 bits per heavy atom. The molecule has 0 aliphatic carbocycles. The van der Waals surface area contributed by atoms with Gasteiger partial charge in [-0.2, -0.15) is 0 Å².